The molecule has 1 aliphatic heterocycles. The van der Waals surface area contributed by atoms with Gasteiger partial charge in [-0.15, -0.1) is 11.3 Å². The molecule has 36 heavy (non-hydrogen) atoms. The van der Waals surface area contributed by atoms with Crippen LogP contribution in [0.25, 0.3) is 15.9 Å². The Labute approximate surface area is 218 Å². The van der Waals surface area contributed by atoms with Crippen LogP contribution in [0.15, 0.2) is 52.4 Å². The summed E-state index contributed by atoms with van der Waals surface area (Å²) in [6, 6.07) is 13.3. The number of thiophene rings is 1. The van der Waals surface area contributed by atoms with Crippen LogP contribution in [0.1, 0.15) is 21.6 Å². The van der Waals surface area contributed by atoms with Crippen molar-refractivity contribution < 1.29 is 9.53 Å². The summed E-state index contributed by atoms with van der Waals surface area (Å²) in [4.78, 5) is 35.9. The number of fused-ring (bicyclic) bond motifs is 3. The molecule has 0 saturated heterocycles. The van der Waals surface area contributed by atoms with Crippen LogP contribution < -0.4 is 15.6 Å². The van der Waals surface area contributed by atoms with Gasteiger partial charge in [-0.3, -0.25) is 14.2 Å². The first-order valence-electron chi connectivity index (χ1n) is 11.7. The number of anilines is 1. The number of likely N-dealkylation sites (N-methyl/N-ethyl adjacent to an activating group) is 1. The lowest BCUT2D eigenvalue weighted by molar-refractivity contribution is -0.113. The Morgan fingerprint density at radius 1 is 1.19 bits per heavy atom. The SMILES string of the molecule is COc1ccc(-n2c(SCC(=O)Nc3cc(C)ccc3C)nc3sc4c(c3c2=O)CCN(C)C4)cc1. The summed E-state index contributed by atoms with van der Waals surface area (Å²) in [6.45, 7) is 5.69. The third-order valence-electron chi connectivity index (χ3n) is 6.36. The quantitative estimate of drug-likeness (QED) is 0.291. The van der Waals surface area contributed by atoms with E-state index in [2.05, 4.69) is 17.3 Å². The average Bonchev–Trinajstić information content (AvgIpc) is 3.22. The van der Waals surface area contributed by atoms with Gasteiger partial charge in [0.2, 0.25) is 5.91 Å². The molecule has 2 aromatic carbocycles. The number of ether oxygens (including phenoxy) is 1. The molecule has 0 spiro atoms. The molecular formula is C27H28N4O3S2. The molecule has 5 rings (SSSR count). The first-order valence-corrected chi connectivity index (χ1v) is 13.5. The van der Waals surface area contributed by atoms with Crippen LogP contribution in [0, 0.1) is 13.8 Å². The number of methoxy groups -OCH3 is 1. The van der Waals surface area contributed by atoms with Gasteiger partial charge in [-0.1, -0.05) is 23.9 Å². The predicted molar refractivity (Wildman–Crippen MR) is 147 cm³/mol. The van der Waals surface area contributed by atoms with Gasteiger partial charge in [-0.05, 0) is 74.3 Å². The number of amides is 1. The van der Waals surface area contributed by atoms with Crippen molar-refractivity contribution in [2.45, 2.75) is 32.0 Å². The van der Waals surface area contributed by atoms with Crippen LogP contribution in [-0.4, -0.2) is 46.8 Å². The monoisotopic (exact) mass is 520 g/mol. The van der Waals surface area contributed by atoms with Gasteiger partial charge in [0.1, 0.15) is 10.6 Å². The Kier molecular flexibility index (Phi) is 6.87. The normalized spacial score (nSPS) is 13.6. The molecule has 0 aliphatic carbocycles. The van der Waals surface area contributed by atoms with Gasteiger partial charge in [-0.25, -0.2) is 4.98 Å². The van der Waals surface area contributed by atoms with E-state index >= 15 is 0 Å². The average molecular weight is 521 g/mol. The largest absolute Gasteiger partial charge is 0.497 e. The van der Waals surface area contributed by atoms with E-state index < -0.39 is 0 Å². The van der Waals surface area contributed by atoms with Gasteiger partial charge in [0.15, 0.2) is 5.16 Å². The Morgan fingerprint density at radius 3 is 2.72 bits per heavy atom. The van der Waals surface area contributed by atoms with Crippen molar-refractivity contribution in [3.8, 4) is 11.4 Å². The van der Waals surface area contributed by atoms with E-state index in [9.17, 15) is 9.59 Å². The fourth-order valence-electron chi connectivity index (χ4n) is 4.39. The fraction of sp³-hybridized carbons (Fsp3) is 0.296. The van der Waals surface area contributed by atoms with Crippen molar-refractivity contribution in [1.29, 1.82) is 0 Å². The number of carbonyl (C=O) groups excluding carboxylic acids is 1. The van der Waals surface area contributed by atoms with E-state index in [4.69, 9.17) is 9.72 Å². The molecule has 1 aliphatic rings. The fourth-order valence-corrected chi connectivity index (χ4v) is 6.55. The number of nitrogens with one attached hydrogen (secondary N) is 1. The van der Waals surface area contributed by atoms with E-state index in [1.807, 2.05) is 56.3 Å². The molecule has 0 unspecified atom stereocenters. The molecule has 1 amide bonds. The highest BCUT2D eigenvalue weighted by molar-refractivity contribution is 7.99. The van der Waals surface area contributed by atoms with Crippen LogP contribution in [0.2, 0.25) is 0 Å². The smallest absolute Gasteiger partial charge is 0.267 e. The van der Waals surface area contributed by atoms with Crippen LogP contribution in [-0.2, 0) is 17.8 Å². The van der Waals surface area contributed by atoms with Crippen molar-refractivity contribution in [2.75, 3.05) is 31.8 Å². The second-order valence-electron chi connectivity index (χ2n) is 9.06. The number of hydrogen-bond donors (Lipinski definition) is 1. The molecule has 9 heteroatoms. The highest BCUT2D eigenvalue weighted by Gasteiger charge is 2.25. The Morgan fingerprint density at radius 2 is 1.97 bits per heavy atom. The summed E-state index contributed by atoms with van der Waals surface area (Å²) >= 11 is 2.85. The topological polar surface area (TPSA) is 76.5 Å². The maximum absolute atomic E-state index is 13.9. The van der Waals surface area contributed by atoms with E-state index in [1.165, 1.54) is 16.6 Å². The van der Waals surface area contributed by atoms with Crippen molar-refractivity contribution in [2.24, 2.45) is 0 Å². The maximum atomic E-state index is 13.9. The zero-order valence-electron chi connectivity index (χ0n) is 20.8. The summed E-state index contributed by atoms with van der Waals surface area (Å²) in [5, 5.41) is 4.20. The Hall–Kier alpha value is -3.14. The predicted octanol–water partition coefficient (Wildman–Crippen LogP) is 4.79. The molecule has 7 nitrogen and oxygen atoms in total. The summed E-state index contributed by atoms with van der Waals surface area (Å²) in [7, 11) is 3.70. The van der Waals surface area contributed by atoms with Gasteiger partial charge >= 0.3 is 0 Å². The second-order valence-corrected chi connectivity index (χ2v) is 11.1. The Bertz CT molecular complexity index is 1510. The van der Waals surface area contributed by atoms with Gasteiger partial charge in [0.25, 0.3) is 5.56 Å². The minimum Gasteiger partial charge on any atom is -0.497 e. The van der Waals surface area contributed by atoms with Crippen LogP contribution in [0.4, 0.5) is 5.69 Å². The molecular weight excluding hydrogens is 492 g/mol. The van der Waals surface area contributed by atoms with Crippen molar-refractivity contribution in [3.63, 3.8) is 0 Å². The number of rotatable bonds is 6. The molecule has 0 radical (unpaired) electrons. The first kappa shape index (κ1) is 24.5. The number of aromatic nitrogens is 2. The van der Waals surface area contributed by atoms with Crippen molar-refractivity contribution in [3.05, 3.63) is 74.4 Å². The van der Waals surface area contributed by atoms with E-state index in [-0.39, 0.29) is 17.2 Å². The van der Waals surface area contributed by atoms with Gasteiger partial charge in [-0.2, -0.15) is 0 Å². The zero-order chi connectivity index (χ0) is 25.4. The van der Waals surface area contributed by atoms with Crippen molar-refractivity contribution in [1.82, 2.24) is 14.5 Å². The maximum Gasteiger partial charge on any atom is 0.267 e. The second kappa shape index (κ2) is 10.1. The molecule has 0 atom stereocenters. The van der Waals surface area contributed by atoms with E-state index in [0.717, 1.165) is 46.7 Å². The number of carbonyl (C=O) groups is 1. The lowest BCUT2D eigenvalue weighted by Crippen LogP contribution is -2.27. The molecule has 0 saturated carbocycles. The van der Waals surface area contributed by atoms with E-state index in [1.54, 1.807) is 23.0 Å². The highest BCUT2D eigenvalue weighted by Crippen LogP contribution is 2.34. The van der Waals surface area contributed by atoms with E-state index in [0.29, 0.717) is 22.0 Å². The lowest BCUT2D eigenvalue weighted by Gasteiger charge is -2.21. The van der Waals surface area contributed by atoms with Crippen LogP contribution >= 0.6 is 23.1 Å². The third kappa shape index (κ3) is 4.78. The molecule has 186 valence electrons. The first-order chi connectivity index (χ1) is 17.3. The molecule has 3 heterocycles. The standard InChI is InChI=1S/C27H28N4O3S2/c1-16-5-6-17(2)21(13-16)28-23(32)15-35-27-29-25-24(20-11-12-30(3)14-22(20)36-25)26(33)31(27)18-7-9-19(34-4)10-8-18/h5-10,13H,11-12,14-15H2,1-4H3,(H,28,32). The van der Waals surface area contributed by atoms with Crippen molar-refractivity contribution >= 4 is 44.9 Å². The highest BCUT2D eigenvalue weighted by atomic mass is 32.2. The molecule has 0 fully saturated rings. The number of nitrogens with zero attached hydrogens (tertiary/aromatic N) is 3. The zero-order valence-corrected chi connectivity index (χ0v) is 22.4. The summed E-state index contributed by atoms with van der Waals surface area (Å²) in [5.74, 6) is 0.699. The summed E-state index contributed by atoms with van der Waals surface area (Å²) < 4.78 is 6.93. The van der Waals surface area contributed by atoms with Gasteiger partial charge in [0, 0.05) is 23.7 Å². The number of hydrogen-bond acceptors (Lipinski definition) is 7. The number of aryl methyl sites for hydroxylation is 2. The minimum absolute atomic E-state index is 0.0929. The molecule has 4 aromatic rings. The number of benzene rings is 2. The van der Waals surface area contributed by atoms with Crippen LogP contribution in [0.5, 0.6) is 5.75 Å². The molecule has 1 N–H and O–H groups in total. The minimum atomic E-state index is -0.142. The Balaban J connectivity index is 1.53. The summed E-state index contributed by atoms with van der Waals surface area (Å²) in [5.41, 5.74) is 4.59. The van der Waals surface area contributed by atoms with Gasteiger partial charge < -0.3 is 15.0 Å². The van der Waals surface area contributed by atoms with Gasteiger partial charge in [0.05, 0.1) is 23.9 Å². The number of thioether (sulfide) groups is 1. The summed E-state index contributed by atoms with van der Waals surface area (Å²) in [6.07, 6.45) is 0.829. The van der Waals surface area contributed by atoms with Crippen LogP contribution in [0.3, 0.4) is 0 Å². The molecule has 0 bridgehead atoms. The molecule has 2 aromatic heterocycles. The third-order valence-corrected chi connectivity index (χ3v) is 8.41. The lowest BCUT2D eigenvalue weighted by atomic mass is 10.1.